The summed E-state index contributed by atoms with van der Waals surface area (Å²) in [7, 11) is -3.33. The van der Waals surface area contributed by atoms with E-state index in [1.165, 1.54) is 12.1 Å². The maximum absolute atomic E-state index is 14.3. The van der Waals surface area contributed by atoms with E-state index in [-0.39, 0.29) is 21.2 Å². The molecule has 0 bridgehead atoms. The molecule has 0 aliphatic rings. The van der Waals surface area contributed by atoms with Gasteiger partial charge in [0.15, 0.2) is 19.7 Å². The van der Waals surface area contributed by atoms with Crippen LogP contribution in [0.1, 0.15) is 20.7 Å². The van der Waals surface area contributed by atoms with E-state index in [4.69, 9.17) is 23.2 Å². The smallest absolute Gasteiger partial charge is 0.171 e. The molecule has 0 saturated heterocycles. The summed E-state index contributed by atoms with van der Waals surface area (Å²) in [5.41, 5.74) is 0.509. The predicted octanol–water partition coefficient (Wildman–Crippen LogP) is 4.26. The van der Waals surface area contributed by atoms with E-state index in [0.29, 0.717) is 28.5 Å². The van der Waals surface area contributed by atoms with Gasteiger partial charge >= 0.3 is 0 Å². The first-order chi connectivity index (χ1) is 12.5. The highest BCUT2D eigenvalue weighted by atomic mass is 35.5. The van der Waals surface area contributed by atoms with E-state index in [9.17, 15) is 14.2 Å². The van der Waals surface area contributed by atoms with Crippen LogP contribution < -0.4 is 15.9 Å². The van der Waals surface area contributed by atoms with Gasteiger partial charge in [-0.15, -0.1) is 0 Å². The molecule has 26 heavy (non-hydrogen) atoms. The first-order valence-electron chi connectivity index (χ1n) is 7.67. The maximum atomic E-state index is 14.3. The zero-order valence-corrected chi connectivity index (χ0v) is 15.8. The quantitative estimate of drug-likeness (QED) is 0.473. The van der Waals surface area contributed by atoms with Crippen molar-refractivity contribution in [3.05, 3.63) is 87.9 Å². The molecule has 0 spiro atoms. The molecule has 0 N–H and O–H groups in total. The van der Waals surface area contributed by atoms with Crippen molar-refractivity contribution in [3.63, 3.8) is 0 Å². The molecule has 3 rings (SSSR count). The Morgan fingerprint density at radius 1 is 0.654 bits per heavy atom. The van der Waals surface area contributed by atoms with Gasteiger partial charge in [-0.05, 0) is 36.4 Å². The fourth-order valence-corrected chi connectivity index (χ4v) is 5.74. The van der Waals surface area contributed by atoms with Gasteiger partial charge in [-0.2, -0.15) is 0 Å². The third-order valence-electron chi connectivity index (χ3n) is 4.06. The van der Waals surface area contributed by atoms with E-state index in [1.807, 2.05) is 6.07 Å². The average molecular weight is 403 g/mol. The van der Waals surface area contributed by atoms with E-state index < -0.39 is 7.14 Å². The van der Waals surface area contributed by atoms with Crippen molar-refractivity contribution in [2.75, 3.05) is 0 Å². The van der Waals surface area contributed by atoms with Crippen LogP contribution in [0, 0.1) is 0 Å². The number of benzene rings is 3. The molecule has 0 saturated carbocycles. The number of halogens is 2. The third-order valence-corrected chi connectivity index (χ3v) is 7.78. The second-order valence-electron chi connectivity index (χ2n) is 5.59. The number of carbonyl (C=O) groups excluding carboxylic acids is 2. The fraction of sp³-hybridized carbons (Fsp3) is 0. The Bertz CT molecular complexity index is 971. The van der Waals surface area contributed by atoms with Gasteiger partial charge in [0, 0.05) is 27.0 Å². The normalized spacial score (nSPS) is 11.2. The molecule has 0 radical (unpaired) electrons. The van der Waals surface area contributed by atoms with Crippen LogP contribution in [0.15, 0.2) is 66.7 Å². The lowest BCUT2D eigenvalue weighted by Crippen LogP contribution is -2.25. The first-order valence-corrected chi connectivity index (χ1v) is 10.1. The summed E-state index contributed by atoms with van der Waals surface area (Å²) < 4.78 is 14.3. The van der Waals surface area contributed by atoms with Crippen LogP contribution in [-0.2, 0) is 4.57 Å². The van der Waals surface area contributed by atoms with Crippen LogP contribution in [0.5, 0.6) is 0 Å². The molecule has 130 valence electrons. The lowest BCUT2D eigenvalue weighted by atomic mass is 10.2. The molecule has 3 nitrogen and oxygen atoms in total. The van der Waals surface area contributed by atoms with E-state index in [0.717, 1.165) is 0 Å². The van der Waals surface area contributed by atoms with Gasteiger partial charge in [0.05, 0.1) is 10.0 Å². The van der Waals surface area contributed by atoms with Crippen LogP contribution in [0.2, 0.25) is 10.0 Å². The summed E-state index contributed by atoms with van der Waals surface area (Å²) in [6, 6.07) is 18.3. The second kappa shape index (κ2) is 7.59. The summed E-state index contributed by atoms with van der Waals surface area (Å²) in [5, 5.41) is 2.06. The molecule has 6 heteroatoms. The van der Waals surface area contributed by atoms with Crippen LogP contribution >= 0.6 is 30.3 Å². The SMILES string of the molecule is O=Cc1cc(P(=O)(c2ccccc2)c2ccc(Cl)c(C=O)c2)ccc1Cl. The van der Waals surface area contributed by atoms with Gasteiger partial charge < -0.3 is 4.57 Å². The van der Waals surface area contributed by atoms with Crippen LogP contribution in [0.4, 0.5) is 0 Å². The van der Waals surface area contributed by atoms with Gasteiger partial charge in [0.2, 0.25) is 0 Å². The van der Waals surface area contributed by atoms with Crippen LogP contribution in [0.3, 0.4) is 0 Å². The van der Waals surface area contributed by atoms with Crippen molar-refractivity contribution in [1.29, 1.82) is 0 Å². The minimum absolute atomic E-state index is 0.255. The van der Waals surface area contributed by atoms with E-state index in [2.05, 4.69) is 0 Å². The van der Waals surface area contributed by atoms with Crippen LogP contribution in [-0.4, -0.2) is 12.6 Å². The zero-order valence-electron chi connectivity index (χ0n) is 13.4. The average Bonchev–Trinajstić information content (AvgIpc) is 2.68. The Morgan fingerprint density at radius 3 is 1.54 bits per heavy atom. The maximum Gasteiger partial charge on any atom is 0.171 e. The molecular formula is C20H13Cl2O3P. The molecule has 0 fully saturated rings. The summed E-state index contributed by atoms with van der Waals surface area (Å²) in [6.07, 6.45) is 1.25. The molecule has 3 aromatic rings. The predicted molar refractivity (Wildman–Crippen MR) is 107 cm³/mol. The Morgan fingerprint density at radius 2 is 1.12 bits per heavy atom. The zero-order chi connectivity index (χ0) is 18.7. The summed E-state index contributed by atoms with van der Waals surface area (Å²) in [6.45, 7) is 0. The summed E-state index contributed by atoms with van der Waals surface area (Å²) in [4.78, 5) is 22.6. The Balaban J connectivity index is 2.33. The largest absolute Gasteiger partial charge is 0.309 e. The minimum atomic E-state index is -3.33. The number of carbonyl (C=O) groups is 2. The van der Waals surface area contributed by atoms with Crippen molar-refractivity contribution in [2.45, 2.75) is 0 Å². The van der Waals surface area contributed by atoms with Crippen molar-refractivity contribution in [1.82, 2.24) is 0 Å². The van der Waals surface area contributed by atoms with Gasteiger partial charge in [0.1, 0.15) is 0 Å². The topological polar surface area (TPSA) is 51.2 Å². The number of hydrogen-bond donors (Lipinski definition) is 0. The minimum Gasteiger partial charge on any atom is -0.309 e. The highest BCUT2D eigenvalue weighted by Gasteiger charge is 2.30. The standard InChI is InChI=1S/C20H13Cl2O3P/c21-19-8-6-17(10-14(19)12-23)26(25,16-4-2-1-3-5-16)18-7-9-20(22)15(11-18)13-24/h1-13H. The Kier molecular flexibility index (Phi) is 5.43. The molecule has 0 aliphatic heterocycles. The highest BCUT2D eigenvalue weighted by Crippen LogP contribution is 2.43. The molecule has 0 unspecified atom stereocenters. The monoisotopic (exact) mass is 402 g/mol. The Hall–Kier alpha value is -2.19. The lowest BCUT2D eigenvalue weighted by Gasteiger charge is -2.21. The van der Waals surface area contributed by atoms with Crippen LogP contribution in [0.25, 0.3) is 0 Å². The third kappa shape index (κ3) is 3.26. The first kappa shape index (κ1) is 18.6. The molecule has 0 aliphatic carbocycles. The van der Waals surface area contributed by atoms with Crippen molar-refractivity contribution >= 4 is 58.8 Å². The Labute approximate surface area is 160 Å². The highest BCUT2D eigenvalue weighted by molar-refractivity contribution is 7.85. The van der Waals surface area contributed by atoms with Crippen molar-refractivity contribution in [2.24, 2.45) is 0 Å². The van der Waals surface area contributed by atoms with E-state index in [1.54, 1.807) is 48.5 Å². The molecule has 0 atom stereocenters. The van der Waals surface area contributed by atoms with Crippen molar-refractivity contribution in [3.8, 4) is 0 Å². The lowest BCUT2D eigenvalue weighted by molar-refractivity contribution is 0.111. The summed E-state index contributed by atoms with van der Waals surface area (Å²) in [5.74, 6) is 0. The molecule has 0 amide bonds. The molecule has 3 aromatic carbocycles. The number of rotatable bonds is 5. The second-order valence-corrected chi connectivity index (χ2v) is 9.17. The van der Waals surface area contributed by atoms with Crippen molar-refractivity contribution < 1.29 is 14.2 Å². The van der Waals surface area contributed by atoms with Gasteiger partial charge in [-0.25, -0.2) is 0 Å². The van der Waals surface area contributed by atoms with Gasteiger partial charge in [0.25, 0.3) is 0 Å². The summed E-state index contributed by atoms with van der Waals surface area (Å²) >= 11 is 12.0. The molecular weight excluding hydrogens is 390 g/mol. The molecule has 0 aromatic heterocycles. The fourth-order valence-electron chi connectivity index (χ4n) is 2.72. The van der Waals surface area contributed by atoms with Gasteiger partial charge in [-0.1, -0.05) is 53.5 Å². The van der Waals surface area contributed by atoms with E-state index >= 15 is 0 Å². The van der Waals surface area contributed by atoms with Gasteiger partial charge in [-0.3, -0.25) is 9.59 Å². The number of aldehydes is 2. The molecule has 0 heterocycles. The number of hydrogen-bond acceptors (Lipinski definition) is 3.